The van der Waals surface area contributed by atoms with E-state index in [2.05, 4.69) is 32.8 Å². The molecular formula is C26H29N5O3S. The van der Waals surface area contributed by atoms with Crippen molar-refractivity contribution in [3.63, 3.8) is 0 Å². The fourth-order valence-corrected chi connectivity index (χ4v) is 6.09. The number of nitro benzene ring substituents is 1. The van der Waals surface area contributed by atoms with Gasteiger partial charge in [-0.25, -0.2) is 0 Å². The van der Waals surface area contributed by atoms with Crippen LogP contribution in [0.5, 0.6) is 5.75 Å². The molecule has 2 atom stereocenters. The van der Waals surface area contributed by atoms with Crippen LogP contribution >= 0.6 is 12.2 Å². The zero-order chi connectivity index (χ0) is 24.7. The van der Waals surface area contributed by atoms with Crippen LogP contribution in [0.15, 0.2) is 48.7 Å². The van der Waals surface area contributed by atoms with Crippen molar-refractivity contribution in [2.45, 2.75) is 57.7 Å². The quantitative estimate of drug-likeness (QED) is 0.284. The standard InChI is InChI=1S/C26H29N5O3S/c1-16-14-20(17(2)29(16)22-12-11-19(31(32)33)15-23(22)34-3)25-24(21-10-6-7-13-27-21)28-26(35)30(25)18-8-4-5-9-18/h6-7,10-15,18,24-25H,4-5,8-9H2,1-3H3,(H,28,35)/t24-,25-/m1/s1. The zero-order valence-electron chi connectivity index (χ0n) is 20.1. The van der Waals surface area contributed by atoms with E-state index < -0.39 is 4.92 Å². The zero-order valence-corrected chi connectivity index (χ0v) is 20.9. The minimum atomic E-state index is -0.408. The van der Waals surface area contributed by atoms with Crippen molar-refractivity contribution >= 4 is 23.0 Å². The predicted octanol–water partition coefficient (Wildman–Crippen LogP) is 5.32. The van der Waals surface area contributed by atoms with Crippen molar-refractivity contribution in [1.29, 1.82) is 0 Å². The summed E-state index contributed by atoms with van der Waals surface area (Å²) >= 11 is 5.88. The highest BCUT2D eigenvalue weighted by Gasteiger charge is 2.44. The number of aryl methyl sites for hydroxylation is 1. The number of ether oxygens (including phenoxy) is 1. The summed E-state index contributed by atoms with van der Waals surface area (Å²) in [6, 6.07) is 13.2. The van der Waals surface area contributed by atoms with E-state index in [9.17, 15) is 10.1 Å². The van der Waals surface area contributed by atoms with Crippen LogP contribution in [0.2, 0.25) is 0 Å². The van der Waals surface area contributed by atoms with Gasteiger partial charge in [0.1, 0.15) is 5.75 Å². The first-order valence-corrected chi connectivity index (χ1v) is 12.3. The number of nitro groups is 1. The molecule has 2 fully saturated rings. The molecule has 0 radical (unpaired) electrons. The summed E-state index contributed by atoms with van der Waals surface area (Å²) in [7, 11) is 1.54. The molecule has 35 heavy (non-hydrogen) atoms. The first-order chi connectivity index (χ1) is 16.9. The second-order valence-corrected chi connectivity index (χ2v) is 9.63. The molecule has 1 saturated heterocycles. The van der Waals surface area contributed by atoms with Gasteiger partial charge in [-0.15, -0.1) is 0 Å². The Morgan fingerprint density at radius 3 is 2.60 bits per heavy atom. The van der Waals surface area contributed by atoms with Gasteiger partial charge in [0.15, 0.2) is 5.11 Å². The molecule has 1 N–H and O–H groups in total. The maximum atomic E-state index is 11.3. The number of methoxy groups -OCH3 is 1. The normalized spacial score (nSPS) is 20.3. The molecule has 1 saturated carbocycles. The molecule has 3 heterocycles. The van der Waals surface area contributed by atoms with E-state index in [1.165, 1.54) is 32.1 Å². The van der Waals surface area contributed by atoms with Crippen molar-refractivity contribution in [3.05, 3.63) is 81.4 Å². The third kappa shape index (κ3) is 4.03. The summed E-state index contributed by atoms with van der Waals surface area (Å²) in [5.41, 5.74) is 4.97. The monoisotopic (exact) mass is 491 g/mol. The summed E-state index contributed by atoms with van der Waals surface area (Å²) in [5, 5.41) is 15.6. The van der Waals surface area contributed by atoms with Gasteiger partial charge in [-0.3, -0.25) is 15.1 Å². The number of thiocarbonyl (C=S) groups is 1. The summed E-state index contributed by atoms with van der Waals surface area (Å²) in [4.78, 5) is 18.0. The number of pyridine rings is 1. The van der Waals surface area contributed by atoms with E-state index in [0.717, 1.165) is 46.3 Å². The molecule has 0 unspecified atom stereocenters. The highest BCUT2D eigenvalue weighted by molar-refractivity contribution is 7.80. The maximum Gasteiger partial charge on any atom is 0.273 e. The number of hydrogen-bond acceptors (Lipinski definition) is 5. The topological polar surface area (TPSA) is 85.5 Å². The number of non-ortho nitro benzene ring substituents is 1. The van der Waals surface area contributed by atoms with E-state index in [0.29, 0.717) is 11.8 Å². The Bertz CT molecular complexity index is 1270. The fraction of sp³-hybridized carbons (Fsp3) is 0.385. The van der Waals surface area contributed by atoms with E-state index >= 15 is 0 Å². The van der Waals surface area contributed by atoms with Crippen molar-refractivity contribution in [3.8, 4) is 11.4 Å². The SMILES string of the molecule is COc1cc([N+](=O)[O-])ccc1-n1c(C)cc([C@@H]2[C@@H](c3ccccn3)NC(=S)N2C2CCCC2)c1C. The van der Waals surface area contributed by atoms with Crippen molar-refractivity contribution in [2.75, 3.05) is 7.11 Å². The minimum Gasteiger partial charge on any atom is -0.494 e. The molecule has 5 rings (SSSR count). The van der Waals surface area contributed by atoms with Crippen LogP contribution in [0.4, 0.5) is 5.69 Å². The lowest BCUT2D eigenvalue weighted by molar-refractivity contribution is -0.384. The Morgan fingerprint density at radius 2 is 1.94 bits per heavy atom. The molecule has 0 amide bonds. The predicted molar refractivity (Wildman–Crippen MR) is 138 cm³/mol. The molecule has 2 aliphatic rings. The molecule has 8 nitrogen and oxygen atoms in total. The van der Waals surface area contributed by atoms with Gasteiger partial charge in [-0.1, -0.05) is 18.9 Å². The summed E-state index contributed by atoms with van der Waals surface area (Å²) in [6.07, 6.45) is 6.50. The lowest BCUT2D eigenvalue weighted by Crippen LogP contribution is -2.37. The second-order valence-electron chi connectivity index (χ2n) is 9.25. The van der Waals surface area contributed by atoms with Crippen molar-refractivity contribution < 1.29 is 9.66 Å². The molecule has 2 aromatic heterocycles. The lowest BCUT2D eigenvalue weighted by atomic mass is 9.95. The van der Waals surface area contributed by atoms with Crippen LogP contribution in [-0.4, -0.2) is 37.6 Å². The Labute approximate surface area is 210 Å². The van der Waals surface area contributed by atoms with Crippen LogP contribution in [0, 0.1) is 24.0 Å². The summed E-state index contributed by atoms with van der Waals surface area (Å²) < 4.78 is 7.68. The molecule has 1 aliphatic heterocycles. The number of benzene rings is 1. The smallest absolute Gasteiger partial charge is 0.273 e. The summed E-state index contributed by atoms with van der Waals surface area (Å²) in [6.45, 7) is 4.14. The number of nitrogens with one attached hydrogen (secondary N) is 1. The Hall–Kier alpha value is -3.46. The number of hydrogen-bond donors (Lipinski definition) is 1. The van der Waals surface area contributed by atoms with Crippen LogP contribution in [0.25, 0.3) is 5.69 Å². The summed E-state index contributed by atoms with van der Waals surface area (Å²) in [5.74, 6) is 0.460. The Morgan fingerprint density at radius 1 is 1.17 bits per heavy atom. The number of rotatable bonds is 6. The third-order valence-electron chi connectivity index (χ3n) is 7.26. The molecule has 1 aromatic carbocycles. The molecular weight excluding hydrogens is 462 g/mol. The average Bonchev–Trinajstić information content (AvgIpc) is 3.57. The van der Waals surface area contributed by atoms with Gasteiger partial charge in [0.05, 0.1) is 41.6 Å². The van der Waals surface area contributed by atoms with Crippen molar-refractivity contribution in [2.24, 2.45) is 0 Å². The largest absolute Gasteiger partial charge is 0.494 e. The van der Waals surface area contributed by atoms with Crippen LogP contribution in [-0.2, 0) is 0 Å². The number of aromatic nitrogens is 2. The second kappa shape index (κ2) is 9.30. The van der Waals surface area contributed by atoms with E-state index in [-0.39, 0.29) is 17.8 Å². The van der Waals surface area contributed by atoms with Crippen molar-refractivity contribution in [1.82, 2.24) is 19.8 Å². The van der Waals surface area contributed by atoms with Crippen LogP contribution in [0.3, 0.4) is 0 Å². The highest BCUT2D eigenvalue weighted by Crippen LogP contribution is 2.45. The molecule has 182 valence electrons. The fourth-order valence-electron chi connectivity index (χ4n) is 5.70. The molecule has 1 aliphatic carbocycles. The van der Waals surface area contributed by atoms with Gasteiger partial charge < -0.3 is 19.5 Å². The van der Waals surface area contributed by atoms with Gasteiger partial charge in [-0.2, -0.15) is 0 Å². The van der Waals surface area contributed by atoms with Gasteiger partial charge in [-0.05, 0) is 68.7 Å². The Balaban J connectivity index is 1.64. The van der Waals surface area contributed by atoms with Gasteiger partial charge >= 0.3 is 0 Å². The van der Waals surface area contributed by atoms with E-state index in [4.69, 9.17) is 17.0 Å². The van der Waals surface area contributed by atoms with Crippen LogP contribution in [0.1, 0.15) is 60.4 Å². The molecule has 0 bridgehead atoms. The molecule has 9 heteroatoms. The van der Waals surface area contributed by atoms with Gasteiger partial charge in [0, 0.05) is 29.7 Å². The number of nitrogens with zero attached hydrogens (tertiary/aromatic N) is 4. The Kier molecular flexibility index (Phi) is 6.19. The lowest BCUT2D eigenvalue weighted by Gasteiger charge is -2.33. The molecule has 3 aromatic rings. The van der Waals surface area contributed by atoms with E-state index in [1.54, 1.807) is 6.07 Å². The van der Waals surface area contributed by atoms with E-state index in [1.807, 2.05) is 31.3 Å². The first-order valence-electron chi connectivity index (χ1n) is 11.9. The minimum absolute atomic E-state index is 0.00116. The third-order valence-corrected chi connectivity index (χ3v) is 7.59. The average molecular weight is 492 g/mol. The molecule has 0 spiro atoms. The van der Waals surface area contributed by atoms with Gasteiger partial charge in [0.25, 0.3) is 5.69 Å². The highest BCUT2D eigenvalue weighted by atomic mass is 32.1. The maximum absolute atomic E-state index is 11.3. The first kappa shape index (κ1) is 23.3. The van der Waals surface area contributed by atoms with Crippen LogP contribution < -0.4 is 10.1 Å². The van der Waals surface area contributed by atoms with Gasteiger partial charge in [0.2, 0.25) is 0 Å².